The predicted octanol–water partition coefficient (Wildman–Crippen LogP) is 2.25. The van der Waals surface area contributed by atoms with Crippen molar-refractivity contribution in [2.24, 2.45) is 4.99 Å². The fourth-order valence-corrected chi connectivity index (χ4v) is 3.19. The van der Waals surface area contributed by atoms with Gasteiger partial charge in [0, 0.05) is 39.6 Å². The van der Waals surface area contributed by atoms with E-state index in [-0.39, 0.29) is 5.91 Å². The maximum Gasteiger partial charge on any atom is 0.221 e. The van der Waals surface area contributed by atoms with Gasteiger partial charge in [0.25, 0.3) is 0 Å². The van der Waals surface area contributed by atoms with Crippen molar-refractivity contribution in [3.05, 3.63) is 35.4 Å². The van der Waals surface area contributed by atoms with E-state index in [2.05, 4.69) is 50.1 Å². The third-order valence-corrected chi connectivity index (χ3v) is 4.78. The molecule has 1 aliphatic rings. The van der Waals surface area contributed by atoms with Gasteiger partial charge < -0.3 is 16.0 Å². The summed E-state index contributed by atoms with van der Waals surface area (Å²) in [6, 6.07) is 8.80. The summed E-state index contributed by atoms with van der Waals surface area (Å²) in [5, 5.41) is 9.36. The van der Waals surface area contributed by atoms with E-state index in [4.69, 9.17) is 0 Å². The van der Waals surface area contributed by atoms with Gasteiger partial charge in [0.05, 0.1) is 0 Å². The Morgan fingerprint density at radius 3 is 2.37 bits per heavy atom. The number of hydrogen-bond donors (Lipinski definition) is 3. The van der Waals surface area contributed by atoms with Crippen molar-refractivity contribution in [2.75, 3.05) is 33.2 Å². The van der Waals surface area contributed by atoms with Gasteiger partial charge in [-0.25, -0.2) is 0 Å². The van der Waals surface area contributed by atoms with E-state index in [1.807, 2.05) is 6.92 Å². The summed E-state index contributed by atoms with van der Waals surface area (Å²) in [4.78, 5) is 18.4. The van der Waals surface area contributed by atoms with Crippen molar-refractivity contribution < 1.29 is 4.79 Å². The molecule has 3 N–H and O–H groups in total. The number of carbonyl (C=O) groups excluding carboxylic acids is 1. The molecule has 0 saturated carbocycles. The second-order valence-corrected chi connectivity index (χ2v) is 7.11. The molecule has 1 aromatic carbocycles. The predicted molar refractivity (Wildman–Crippen MR) is 112 cm³/mol. The molecule has 0 unspecified atom stereocenters. The van der Waals surface area contributed by atoms with E-state index < -0.39 is 0 Å². The van der Waals surface area contributed by atoms with Gasteiger partial charge >= 0.3 is 0 Å². The zero-order valence-electron chi connectivity index (χ0n) is 16.9. The number of nitrogens with zero attached hydrogens (tertiary/aromatic N) is 2. The molecule has 0 atom stereocenters. The Kier molecular flexibility index (Phi) is 9.69. The first-order valence-corrected chi connectivity index (χ1v) is 10.2. The molecular weight excluding hydrogens is 338 g/mol. The van der Waals surface area contributed by atoms with Crippen LogP contribution in [0.25, 0.3) is 0 Å². The molecular formula is C21H35N5O. The van der Waals surface area contributed by atoms with Crippen LogP contribution in [0.3, 0.4) is 0 Å². The molecule has 2 rings (SSSR count). The Morgan fingerprint density at radius 1 is 1.00 bits per heavy atom. The number of rotatable bonds is 9. The molecule has 0 aliphatic carbocycles. The van der Waals surface area contributed by atoms with Crippen LogP contribution in [0.4, 0.5) is 0 Å². The molecule has 0 bridgehead atoms. The van der Waals surface area contributed by atoms with Crippen LogP contribution in [0.5, 0.6) is 0 Å². The Bertz CT molecular complexity index is 579. The maximum atomic E-state index is 11.6. The lowest BCUT2D eigenvalue weighted by Gasteiger charge is -2.26. The number of hydrogen-bond acceptors (Lipinski definition) is 3. The van der Waals surface area contributed by atoms with Gasteiger partial charge in [0.1, 0.15) is 0 Å². The van der Waals surface area contributed by atoms with Crippen LogP contribution in [0.2, 0.25) is 0 Å². The number of amides is 1. The van der Waals surface area contributed by atoms with Crippen molar-refractivity contribution in [2.45, 2.75) is 52.1 Å². The molecule has 1 saturated heterocycles. The van der Waals surface area contributed by atoms with Crippen LogP contribution in [0.1, 0.15) is 50.2 Å². The third kappa shape index (κ3) is 8.43. The van der Waals surface area contributed by atoms with E-state index in [0.717, 1.165) is 25.5 Å². The Balaban J connectivity index is 1.68. The minimum Gasteiger partial charge on any atom is -0.356 e. The van der Waals surface area contributed by atoms with Gasteiger partial charge in [-0.1, -0.05) is 37.6 Å². The highest BCUT2D eigenvalue weighted by molar-refractivity contribution is 5.81. The third-order valence-electron chi connectivity index (χ3n) is 4.78. The highest BCUT2D eigenvalue weighted by atomic mass is 16.1. The number of nitrogens with one attached hydrogen (secondary N) is 3. The monoisotopic (exact) mass is 373 g/mol. The zero-order valence-corrected chi connectivity index (χ0v) is 16.9. The smallest absolute Gasteiger partial charge is 0.221 e. The number of guanidine groups is 1. The number of aliphatic imine (C=N–C) groups is 1. The highest BCUT2D eigenvalue weighted by Gasteiger charge is 2.10. The zero-order chi connectivity index (χ0) is 19.3. The fraction of sp³-hybridized carbons (Fsp3) is 0.619. The molecule has 1 aliphatic heterocycles. The Labute approximate surface area is 163 Å². The number of carbonyl (C=O) groups is 1. The summed E-state index contributed by atoms with van der Waals surface area (Å²) in [5.41, 5.74) is 2.60. The Morgan fingerprint density at radius 2 is 1.70 bits per heavy atom. The summed E-state index contributed by atoms with van der Waals surface area (Å²) in [6.07, 6.45) is 5.44. The summed E-state index contributed by atoms with van der Waals surface area (Å²) in [6.45, 7) is 7.57. The second kappa shape index (κ2) is 12.3. The molecule has 6 heteroatoms. The first-order chi connectivity index (χ1) is 13.2. The molecule has 0 aromatic heterocycles. The molecule has 6 nitrogen and oxygen atoms in total. The van der Waals surface area contributed by atoms with Crippen LogP contribution in [0.15, 0.2) is 29.3 Å². The van der Waals surface area contributed by atoms with Crippen molar-refractivity contribution >= 4 is 11.9 Å². The van der Waals surface area contributed by atoms with E-state index >= 15 is 0 Å². The minimum atomic E-state index is 0.0732. The van der Waals surface area contributed by atoms with Crippen molar-refractivity contribution in [1.29, 1.82) is 0 Å². The van der Waals surface area contributed by atoms with Crippen LogP contribution in [-0.4, -0.2) is 50.0 Å². The van der Waals surface area contributed by atoms with E-state index in [0.29, 0.717) is 19.5 Å². The normalized spacial score (nSPS) is 15.4. The number of likely N-dealkylation sites (tertiary alicyclic amines) is 1. The van der Waals surface area contributed by atoms with E-state index in [9.17, 15) is 4.79 Å². The lowest BCUT2D eigenvalue weighted by Crippen LogP contribution is -2.39. The summed E-state index contributed by atoms with van der Waals surface area (Å²) in [7, 11) is 1.74. The first-order valence-electron chi connectivity index (χ1n) is 10.2. The van der Waals surface area contributed by atoms with Gasteiger partial charge in [-0.15, -0.1) is 0 Å². The minimum absolute atomic E-state index is 0.0732. The van der Waals surface area contributed by atoms with Gasteiger partial charge in [-0.3, -0.25) is 14.7 Å². The average molecular weight is 374 g/mol. The number of piperidine rings is 1. The van der Waals surface area contributed by atoms with Gasteiger partial charge in [0.15, 0.2) is 5.96 Å². The molecule has 0 radical (unpaired) electrons. The topological polar surface area (TPSA) is 68.8 Å². The summed E-state index contributed by atoms with van der Waals surface area (Å²) in [5.74, 6) is 0.791. The SMILES string of the molecule is CCCNC(=O)CCNC(=NC)NCc1ccc(CN2CCCCC2)cc1. The maximum absolute atomic E-state index is 11.6. The fourth-order valence-electron chi connectivity index (χ4n) is 3.19. The molecule has 1 heterocycles. The average Bonchev–Trinajstić information content (AvgIpc) is 2.71. The Hall–Kier alpha value is -2.08. The lowest BCUT2D eigenvalue weighted by molar-refractivity contribution is -0.120. The summed E-state index contributed by atoms with van der Waals surface area (Å²) >= 11 is 0. The highest BCUT2D eigenvalue weighted by Crippen LogP contribution is 2.13. The van der Waals surface area contributed by atoms with Crippen molar-refractivity contribution in [3.8, 4) is 0 Å². The largest absolute Gasteiger partial charge is 0.356 e. The van der Waals surface area contributed by atoms with E-state index in [1.165, 1.54) is 43.5 Å². The molecule has 1 amide bonds. The lowest BCUT2D eigenvalue weighted by atomic mass is 10.1. The van der Waals surface area contributed by atoms with Crippen LogP contribution < -0.4 is 16.0 Å². The van der Waals surface area contributed by atoms with Gasteiger partial charge in [-0.05, 0) is 43.5 Å². The van der Waals surface area contributed by atoms with Crippen molar-refractivity contribution in [1.82, 2.24) is 20.9 Å². The standard InChI is InChI=1S/C21H35N5O/c1-3-12-23-20(27)11-13-24-21(22-2)25-16-18-7-9-19(10-8-18)17-26-14-5-4-6-15-26/h7-10H,3-6,11-17H2,1-2H3,(H,23,27)(H2,22,24,25). The number of benzene rings is 1. The quantitative estimate of drug-likeness (QED) is 0.459. The van der Waals surface area contributed by atoms with Crippen LogP contribution in [-0.2, 0) is 17.9 Å². The van der Waals surface area contributed by atoms with Crippen LogP contribution in [0, 0.1) is 0 Å². The van der Waals surface area contributed by atoms with Crippen molar-refractivity contribution in [3.63, 3.8) is 0 Å². The van der Waals surface area contributed by atoms with Gasteiger partial charge in [-0.2, -0.15) is 0 Å². The summed E-state index contributed by atoms with van der Waals surface area (Å²) < 4.78 is 0. The van der Waals surface area contributed by atoms with E-state index in [1.54, 1.807) is 7.05 Å². The van der Waals surface area contributed by atoms with Crippen LogP contribution >= 0.6 is 0 Å². The molecule has 1 fully saturated rings. The second-order valence-electron chi connectivity index (χ2n) is 7.11. The molecule has 150 valence electrons. The first kappa shape index (κ1) is 21.2. The molecule has 27 heavy (non-hydrogen) atoms. The molecule has 1 aromatic rings. The molecule has 0 spiro atoms. The van der Waals surface area contributed by atoms with Gasteiger partial charge in [0.2, 0.25) is 5.91 Å².